The normalized spacial score (nSPS) is 22.2. The number of aliphatic imine (C=N–C) groups is 1. The van der Waals surface area contributed by atoms with Crippen LogP contribution in [0.5, 0.6) is 23.0 Å². The number of nitrogens with one attached hydrogen (secondary N) is 3. The standard InChI is InChI=1S/C45H53N7O8/c1-57-44(55)49-39(26-9-3-4-10-26)42(53)51-19-7-13-33(51)31-21-30(24-46-31)28-15-17-35-37(22-28)59-36-18-16-29(23-38(36)60-35)32-25-47-41(48-32)34-14-8-20-52(34)43(54)40(50-45(56)58-2)27-11-5-6-12-27/h15-18,22-27,33-34,39-40H,3-14,19-21H2,1-2H3,(H,47,48)(H,49,55)(H,50,56)/t33-,34-,39-,40-/m0/s1. The van der Waals surface area contributed by atoms with Crippen molar-refractivity contribution in [3.05, 3.63) is 60.2 Å². The van der Waals surface area contributed by atoms with E-state index < -0.39 is 24.3 Å². The molecule has 0 unspecified atom stereocenters. The Bertz CT molecular complexity index is 2210. The molecule has 3 aromatic rings. The van der Waals surface area contributed by atoms with Crippen molar-refractivity contribution in [2.24, 2.45) is 16.8 Å². The molecule has 3 N–H and O–H groups in total. The molecular weight excluding hydrogens is 767 g/mol. The van der Waals surface area contributed by atoms with Crippen LogP contribution in [0, 0.1) is 11.8 Å². The van der Waals surface area contributed by atoms with Gasteiger partial charge in [-0.2, -0.15) is 0 Å². The summed E-state index contributed by atoms with van der Waals surface area (Å²) in [4.78, 5) is 69.2. The average Bonchev–Trinajstić information content (AvgIpc) is 4.13. The number of nitrogens with zero attached hydrogens (tertiary/aromatic N) is 4. The molecule has 2 saturated heterocycles. The molecule has 1 aromatic heterocycles. The van der Waals surface area contributed by atoms with Crippen molar-refractivity contribution in [2.45, 2.75) is 108 Å². The molecular formula is C45H53N7O8. The third-order valence-electron chi connectivity index (χ3n) is 13.3. The van der Waals surface area contributed by atoms with Crippen molar-refractivity contribution in [1.29, 1.82) is 0 Å². The number of ether oxygens (including phenoxy) is 4. The lowest BCUT2D eigenvalue weighted by Crippen LogP contribution is -2.54. The fraction of sp³-hybridized carbons (Fsp3) is 0.511. The van der Waals surface area contributed by atoms with Crippen LogP contribution in [-0.4, -0.2) is 94.9 Å². The number of carbonyl (C=O) groups is 4. The van der Waals surface area contributed by atoms with Gasteiger partial charge in [-0.15, -0.1) is 0 Å². The molecule has 6 aliphatic rings. The molecule has 4 amide bonds. The zero-order valence-electron chi connectivity index (χ0n) is 34.2. The summed E-state index contributed by atoms with van der Waals surface area (Å²) in [5.74, 6) is 3.11. The first-order valence-electron chi connectivity index (χ1n) is 21.5. The van der Waals surface area contributed by atoms with Gasteiger partial charge in [-0.3, -0.25) is 14.6 Å². The number of hydrogen-bond acceptors (Lipinski definition) is 10. The lowest BCUT2D eigenvalue weighted by atomic mass is 9.95. The Kier molecular flexibility index (Phi) is 11.2. The molecule has 0 bridgehead atoms. The lowest BCUT2D eigenvalue weighted by Gasteiger charge is -2.32. The van der Waals surface area contributed by atoms with Gasteiger partial charge in [0, 0.05) is 37.0 Å². The average molecular weight is 820 g/mol. The predicted molar refractivity (Wildman–Crippen MR) is 222 cm³/mol. The number of benzene rings is 2. The molecule has 2 aliphatic carbocycles. The summed E-state index contributed by atoms with van der Waals surface area (Å²) in [6.07, 6.45) is 14.3. The molecule has 5 heterocycles. The summed E-state index contributed by atoms with van der Waals surface area (Å²) >= 11 is 0. The maximum Gasteiger partial charge on any atom is 0.407 e. The van der Waals surface area contributed by atoms with Gasteiger partial charge in [-0.05, 0) is 105 Å². The maximum absolute atomic E-state index is 14.0. The van der Waals surface area contributed by atoms with E-state index >= 15 is 0 Å². The van der Waals surface area contributed by atoms with Gasteiger partial charge < -0.3 is 44.4 Å². The Balaban J connectivity index is 0.847. The molecule has 0 radical (unpaired) electrons. The van der Waals surface area contributed by atoms with E-state index in [0.29, 0.717) is 48.3 Å². The number of amides is 4. The number of likely N-dealkylation sites (tertiary alicyclic amines) is 2. The molecule has 4 fully saturated rings. The Labute approximate surface area is 349 Å². The summed E-state index contributed by atoms with van der Waals surface area (Å²) in [7, 11) is 2.65. The Morgan fingerprint density at radius 2 is 1.23 bits per heavy atom. The van der Waals surface area contributed by atoms with Gasteiger partial charge in [0.15, 0.2) is 23.0 Å². The van der Waals surface area contributed by atoms with E-state index in [1.165, 1.54) is 14.2 Å². The minimum atomic E-state index is -0.620. The van der Waals surface area contributed by atoms with Crippen molar-refractivity contribution in [3.63, 3.8) is 0 Å². The second-order valence-electron chi connectivity index (χ2n) is 16.9. The zero-order chi connectivity index (χ0) is 41.3. The molecule has 0 spiro atoms. The van der Waals surface area contributed by atoms with E-state index in [9.17, 15) is 19.2 Å². The Morgan fingerprint density at radius 1 is 0.700 bits per heavy atom. The maximum atomic E-state index is 14.0. The van der Waals surface area contributed by atoms with E-state index in [2.05, 4.69) is 15.6 Å². The van der Waals surface area contributed by atoms with Crippen LogP contribution in [-0.2, 0) is 19.1 Å². The van der Waals surface area contributed by atoms with Gasteiger partial charge >= 0.3 is 12.2 Å². The van der Waals surface area contributed by atoms with E-state index in [0.717, 1.165) is 105 Å². The Morgan fingerprint density at radius 3 is 1.82 bits per heavy atom. The largest absolute Gasteiger partial charge is 0.453 e. The van der Waals surface area contributed by atoms with E-state index in [1.807, 2.05) is 52.4 Å². The smallest absolute Gasteiger partial charge is 0.407 e. The molecule has 4 atom stereocenters. The number of fused-ring (bicyclic) bond motifs is 2. The van der Waals surface area contributed by atoms with E-state index in [-0.39, 0.29) is 35.7 Å². The minimum Gasteiger partial charge on any atom is -0.453 e. The molecule has 60 heavy (non-hydrogen) atoms. The quantitative estimate of drug-likeness (QED) is 0.145. The fourth-order valence-electron chi connectivity index (χ4n) is 10.2. The number of aromatic nitrogens is 2. The highest BCUT2D eigenvalue weighted by molar-refractivity contribution is 6.04. The highest BCUT2D eigenvalue weighted by Gasteiger charge is 2.42. The monoisotopic (exact) mass is 819 g/mol. The van der Waals surface area contributed by atoms with Crippen LogP contribution in [0.4, 0.5) is 9.59 Å². The van der Waals surface area contributed by atoms with Gasteiger partial charge in [0.1, 0.15) is 17.9 Å². The number of H-pyrrole nitrogens is 1. The van der Waals surface area contributed by atoms with Crippen LogP contribution in [0.15, 0.2) is 53.8 Å². The third kappa shape index (κ3) is 7.81. The first-order chi connectivity index (χ1) is 29.3. The van der Waals surface area contributed by atoms with Crippen LogP contribution < -0.4 is 20.1 Å². The van der Waals surface area contributed by atoms with Crippen molar-refractivity contribution in [1.82, 2.24) is 30.4 Å². The number of imidazole rings is 1. The summed E-state index contributed by atoms with van der Waals surface area (Å²) in [6, 6.07) is 10.1. The van der Waals surface area contributed by atoms with Crippen molar-refractivity contribution < 1.29 is 38.1 Å². The highest BCUT2D eigenvalue weighted by Crippen LogP contribution is 2.48. The minimum absolute atomic E-state index is 0.0497. The molecule has 4 aliphatic heterocycles. The van der Waals surface area contributed by atoms with Gasteiger partial charge in [0.2, 0.25) is 11.8 Å². The summed E-state index contributed by atoms with van der Waals surface area (Å²) < 4.78 is 22.5. The van der Waals surface area contributed by atoms with Crippen molar-refractivity contribution in [3.8, 4) is 34.3 Å². The molecule has 9 rings (SSSR count). The first kappa shape index (κ1) is 39.6. The Hall–Kier alpha value is -5.86. The van der Waals surface area contributed by atoms with Crippen molar-refractivity contribution in [2.75, 3.05) is 27.3 Å². The van der Waals surface area contributed by atoms with Crippen LogP contribution in [0.1, 0.15) is 101 Å². The van der Waals surface area contributed by atoms with E-state index in [4.69, 9.17) is 28.9 Å². The molecule has 2 saturated carbocycles. The second kappa shape index (κ2) is 17.0. The van der Waals surface area contributed by atoms with Crippen molar-refractivity contribution >= 4 is 35.3 Å². The fourth-order valence-corrected chi connectivity index (χ4v) is 10.2. The molecule has 15 heteroatoms. The highest BCUT2D eigenvalue weighted by atomic mass is 16.6. The van der Waals surface area contributed by atoms with Gasteiger partial charge in [-0.25, -0.2) is 14.6 Å². The van der Waals surface area contributed by atoms with Crippen LogP contribution in [0.3, 0.4) is 0 Å². The predicted octanol–water partition coefficient (Wildman–Crippen LogP) is 7.64. The number of hydrogen-bond donors (Lipinski definition) is 3. The summed E-state index contributed by atoms with van der Waals surface area (Å²) in [6.45, 7) is 1.23. The number of rotatable bonds is 10. The second-order valence-corrected chi connectivity index (χ2v) is 16.9. The van der Waals surface area contributed by atoms with Gasteiger partial charge in [0.25, 0.3) is 0 Å². The summed E-state index contributed by atoms with van der Waals surface area (Å²) in [5, 5.41) is 5.68. The number of allylic oxidation sites excluding steroid dienone is 1. The zero-order valence-corrected chi connectivity index (χ0v) is 34.2. The van der Waals surface area contributed by atoms with Crippen LogP contribution in [0.25, 0.3) is 16.8 Å². The van der Waals surface area contributed by atoms with Gasteiger partial charge in [0.05, 0.1) is 38.2 Å². The summed E-state index contributed by atoms with van der Waals surface area (Å²) in [5.41, 5.74) is 4.59. The first-order valence-corrected chi connectivity index (χ1v) is 21.5. The SMILES string of the molecule is COC(=O)N[C@H](C(=O)N1CCC[C@H]1C1=NC=C(c2ccc3c(c2)Oc2ccc(-c4cnc([C@@H]5CCCN5C(=O)[C@@H](NC(=O)OC)C5CCCC5)[nH]4)cc2O3)C1)C1CCCC1. The number of alkyl carbamates (subject to hydrolysis) is 2. The number of aromatic amines is 1. The van der Waals surface area contributed by atoms with Gasteiger partial charge in [-0.1, -0.05) is 31.7 Å². The molecule has 15 nitrogen and oxygen atoms in total. The topological polar surface area (TPSA) is 177 Å². The van der Waals surface area contributed by atoms with Crippen LogP contribution in [0.2, 0.25) is 0 Å². The lowest BCUT2D eigenvalue weighted by molar-refractivity contribution is -0.136. The number of methoxy groups -OCH3 is 2. The van der Waals surface area contributed by atoms with Crippen LogP contribution >= 0.6 is 0 Å². The molecule has 316 valence electrons. The third-order valence-corrected chi connectivity index (χ3v) is 13.3. The van der Waals surface area contributed by atoms with E-state index in [1.54, 1.807) is 6.20 Å². The molecule has 2 aromatic carbocycles. The number of carbonyl (C=O) groups excluding carboxylic acids is 4.